The molecule has 3 rings (SSSR count). The molecule has 0 saturated heterocycles. The minimum absolute atomic E-state index is 0.143. The Balaban J connectivity index is 1.54. The van der Waals surface area contributed by atoms with Gasteiger partial charge in [0.25, 0.3) is 0 Å². The van der Waals surface area contributed by atoms with Crippen molar-refractivity contribution in [1.29, 1.82) is 0 Å². The molecule has 0 spiro atoms. The van der Waals surface area contributed by atoms with E-state index in [-0.39, 0.29) is 30.1 Å². The van der Waals surface area contributed by atoms with Crippen LogP contribution in [0, 0.1) is 5.92 Å². The van der Waals surface area contributed by atoms with Crippen molar-refractivity contribution in [1.82, 2.24) is 15.6 Å². The number of aromatic nitrogens is 1. The normalized spacial score (nSPS) is 11.9. The number of amides is 3. The summed E-state index contributed by atoms with van der Waals surface area (Å²) < 4.78 is 0. The topological polar surface area (TPSA) is 103 Å². The molecule has 4 N–H and O–H groups in total. The number of hydrogen-bond donors (Lipinski definition) is 4. The minimum atomic E-state index is -0.706. The maximum Gasteiger partial charge on any atom is 0.242 e. The van der Waals surface area contributed by atoms with Gasteiger partial charge in [-0.3, -0.25) is 14.4 Å². The zero-order valence-corrected chi connectivity index (χ0v) is 19.5. The minimum Gasteiger partial charge on any atom is -0.361 e. The Labute approximate surface area is 198 Å². The number of aromatic amines is 1. The summed E-state index contributed by atoms with van der Waals surface area (Å²) in [5.41, 5.74) is 2.61. The molecule has 3 amide bonds. The van der Waals surface area contributed by atoms with Crippen LogP contribution in [0.5, 0.6) is 0 Å². The highest BCUT2D eigenvalue weighted by molar-refractivity contribution is 6.30. The number of benzene rings is 2. The fourth-order valence-corrected chi connectivity index (χ4v) is 3.53. The molecule has 1 heterocycles. The lowest BCUT2D eigenvalue weighted by atomic mass is 10.0. The van der Waals surface area contributed by atoms with Gasteiger partial charge in [0.15, 0.2) is 0 Å². The summed E-state index contributed by atoms with van der Waals surface area (Å²) >= 11 is 5.85. The molecular formula is C25H29ClN4O3. The molecule has 8 heteroatoms. The number of H-pyrrole nitrogens is 1. The van der Waals surface area contributed by atoms with E-state index in [9.17, 15) is 14.4 Å². The molecule has 3 aromatic rings. The van der Waals surface area contributed by atoms with Crippen molar-refractivity contribution >= 4 is 45.9 Å². The molecule has 7 nitrogen and oxygen atoms in total. The SMILES string of the molecule is CC(C)C(=O)NC(Cc1c[nH]c2ccccc12)C(=O)NCCCC(=O)Nc1ccc(Cl)cc1. The monoisotopic (exact) mass is 468 g/mol. The van der Waals surface area contributed by atoms with Crippen LogP contribution >= 0.6 is 11.6 Å². The average Bonchev–Trinajstić information content (AvgIpc) is 3.20. The van der Waals surface area contributed by atoms with E-state index in [0.717, 1.165) is 16.5 Å². The molecule has 0 radical (unpaired) electrons. The highest BCUT2D eigenvalue weighted by atomic mass is 35.5. The van der Waals surface area contributed by atoms with Crippen LogP contribution in [0.2, 0.25) is 5.02 Å². The van der Waals surface area contributed by atoms with Crippen molar-refractivity contribution in [2.24, 2.45) is 5.92 Å². The van der Waals surface area contributed by atoms with E-state index >= 15 is 0 Å². The first-order valence-electron chi connectivity index (χ1n) is 11.0. The van der Waals surface area contributed by atoms with Crippen LogP contribution < -0.4 is 16.0 Å². The van der Waals surface area contributed by atoms with E-state index in [1.165, 1.54) is 0 Å². The van der Waals surface area contributed by atoms with E-state index < -0.39 is 6.04 Å². The maximum absolute atomic E-state index is 12.9. The summed E-state index contributed by atoms with van der Waals surface area (Å²) in [4.78, 5) is 40.5. The first kappa shape index (κ1) is 24.3. The third kappa shape index (κ3) is 7.08. The van der Waals surface area contributed by atoms with Gasteiger partial charge in [-0.25, -0.2) is 0 Å². The summed E-state index contributed by atoms with van der Waals surface area (Å²) in [6.07, 6.45) is 2.97. The fraction of sp³-hybridized carbons (Fsp3) is 0.320. The average molecular weight is 469 g/mol. The second-order valence-corrected chi connectivity index (χ2v) is 8.67. The molecule has 0 aliphatic carbocycles. The summed E-state index contributed by atoms with van der Waals surface area (Å²) in [6.45, 7) is 3.90. The van der Waals surface area contributed by atoms with Gasteiger partial charge >= 0.3 is 0 Å². The van der Waals surface area contributed by atoms with Gasteiger partial charge in [-0.05, 0) is 42.3 Å². The number of carbonyl (C=O) groups is 3. The van der Waals surface area contributed by atoms with Crippen LogP contribution in [0.4, 0.5) is 5.69 Å². The summed E-state index contributed by atoms with van der Waals surface area (Å²) in [7, 11) is 0. The van der Waals surface area contributed by atoms with Gasteiger partial charge in [0.2, 0.25) is 17.7 Å². The Hall–Kier alpha value is -3.32. The van der Waals surface area contributed by atoms with Crippen molar-refractivity contribution in [3.8, 4) is 0 Å². The Morgan fingerprint density at radius 3 is 2.45 bits per heavy atom. The Kier molecular flexibility index (Phi) is 8.49. The molecular weight excluding hydrogens is 440 g/mol. The number of rotatable bonds is 10. The van der Waals surface area contributed by atoms with E-state index in [1.807, 2.05) is 30.5 Å². The predicted octanol–water partition coefficient (Wildman–Crippen LogP) is 4.04. The third-order valence-electron chi connectivity index (χ3n) is 5.26. The number of para-hydroxylation sites is 1. The molecule has 0 saturated carbocycles. The van der Waals surface area contributed by atoms with Crippen LogP contribution in [0.3, 0.4) is 0 Å². The number of nitrogens with one attached hydrogen (secondary N) is 4. The second kappa shape index (κ2) is 11.5. The molecule has 1 unspecified atom stereocenters. The Morgan fingerprint density at radius 2 is 1.73 bits per heavy atom. The van der Waals surface area contributed by atoms with Gasteiger partial charge < -0.3 is 20.9 Å². The molecule has 0 aliphatic heterocycles. The quantitative estimate of drug-likeness (QED) is 0.337. The summed E-state index contributed by atoms with van der Waals surface area (Å²) in [5.74, 6) is -0.834. The number of fused-ring (bicyclic) bond motifs is 1. The van der Waals surface area contributed by atoms with Crippen molar-refractivity contribution in [3.63, 3.8) is 0 Å². The van der Waals surface area contributed by atoms with Gasteiger partial charge in [0.1, 0.15) is 6.04 Å². The van der Waals surface area contributed by atoms with E-state index in [0.29, 0.717) is 30.1 Å². The number of anilines is 1. The second-order valence-electron chi connectivity index (χ2n) is 8.23. The molecule has 1 atom stereocenters. The Bertz CT molecular complexity index is 1110. The molecule has 0 fully saturated rings. The largest absolute Gasteiger partial charge is 0.361 e. The fourth-order valence-electron chi connectivity index (χ4n) is 3.41. The van der Waals surface area contributed by atoms with Crippen molar-refractivity contribution in [2.75, 3.05) is 11.9 Å². The van der Waals surface area contributed by atoms with Crippen LogP contribution in [0.25, 0.3) is 10.9 Å². The highest BCUT2D eigenvalue weighted by Crippen LogP contribution is 2.19. The van der Waals surface area contributed by atoms with Crippen LogP contribution in [-0.2, 0) is 20.8 Å². The first-order valence-corrected chi connectivity index (χ1v) is 11.4. The molecule has 33 heavy (non-hydrogen) atoms. The van der Waals surface area contributed by atoms with Gasteiger partial charge in [-0.1, -0.05) is 43.6 Å². The lowest BCUT2D eigenvalue weighted by Crippen LogP contribution is -2.49. The van der Waals surface area contributed by atoms with Gasteiger partial charge in [0, 0.05) is 53.1 Å². The molecule has 174 valence electrons. The van der Waals surface area contributed by atoms with Crippen LogP contribution in [0.1, 0.15) is 32.3 Å². The molecule has 0 bridgehead atoms. The van der Waals surface area contributed by atoms with Crippen molar-refractivity contribution < 1.29 is 14.4 Å². The summed E-state index contributed by atoms with van der Waals surface area (Å²) in [5, 5.41) is 10.1. The van der Waals surface area contributed by atoms with E-state index in [1.54, 1.807) is 38.1 Å². The zero-order valence-electron chi connectivity index (χ0n) is 18.8. The zero-order chi connectivity index (χ0) is 23.8. The number of hydrogen-bond acceptors (Lipinski definition) is 3. The van der Waals surface area contributed by atoms with Crippen molar-refractivity contribution in [2.45, 2.75) is 39.2 Å². The Morgan fingerprint density at radius 1 is 1.00 bits per heavy atom. The maximum atomic E-state index is 12.9. The lowest BCUT2D eigenvalue weighted by Gasteiger charge is -2.19. The number of halogens is 1. The van der Waals surface area contributed by atoms with E-state index in [2.05, 4.69) is 20.9 Å². The smallest absolute Gasteiger partial charge is 0.242 e. The van der Waals surface area contributed by atoms with E-state index in [4.69, 9.17) is 11.6 Å². The molecule has 0 aliphatic rings. The lowest BCUT2D eigenvalue weighted by molar-refractivity contribution is -0.130. The third-order valence-corrected chi connectivity index (χ3v) is 5.52. The molecule has 1 aromatic heterocycles. The predicted molar refractivity (Wildman–Crippen MR) is 131 cm³/mol. The number of carbonyl (C=O) groups excluding carboxylic acids is 3. The van der Waals surface area contributed by atoms with Gasteiger partial charge in [-0.2, -0.15) is 0 Å². The van der Waals surface area contributed by atoms with Crippen molar-refractivity contribution in [3.05, 3.63) is 65.3 Å². The highest BCUT2D eigenvalue weighted by Gasteiger charge is 2.23. The van der Waals surface area contributed by atoms with Gasteiger partial charge in [-0.15, -0.1) is 0 Å². The first-order chi connectivity index (χ1) is 15.8. The summed E-state index contributed by atoms with van der Waals surface area (Å²) in [6, 6.07) is 14.0. The molecule has 2 aromatic carbocycles. The standard InChI is InChI=1S/C25H29ClN4O3/c1-16(2)24(32)30-22(14-17-15-28-21-7-4-3-6-20(17)21)25(33)27-13-5-8-23(31)29-19-11-9-18(26)10-12-19/h3-4,6-7,9-12,15-16,22,28H,5,8,13-14H2,1-2H3,(H,27,33)(H,29,31)(H,30,32). The van der Waals surface area contributed by atoms with Crippen LogP contribution in [0.15, 0.2) is 54.7 Å². The van der Waals surface area contributed by atoms with Gasteiger partial charge in [0.05, 0.1) is 0 Å². The van der Waals surface area contributed by atoms with Crippen LogP contribution in [-0.4, -0.2) is 35.3 Å².